The molecule has 0 saturated heterocycles. The van der Waals surface area contributed by atoms with Gasteiger partial charge < -0.3 is 11.5 Å². The van der Waals surface area contributed by atoms with Crippen LogP contribution in [0.15, 0.2) is 18.8 Å². The third-order valence-electron chi connectivity index (χ3n) is 1.36. The quantitative estimate of drug-likeness (QED) is 0.623. The molecule has 0 radical (unpaired) electrons. The number of nitrogen functional groups attached to an aromatic ring is 1. The average molecular weight is 149 g/mol. The van der Waals surface area contributed by atoms with Crippen molar-refractivity contribution in [3.8, 4) is 0 Å². The zero-order chi connectivity index (χ0) is 8.43. The lowest BCUT2D eigenvalue weighted by Gasteiger charge is -2.03. The minimum atomic E-state index is 0.405. The molecular formula is C8H11N3. The molecule has 0 spiro atoms. The van der Waals surface area contributed by atoms with Crippen LogP contribution in [0.2, 0.25) is 0 Å². The van der Waals surface area contributed by atoms with Crippen molar-refractivity contribution in [3.05, 3.63) is 30.1 Å². The fraction of sp³-hybridized carbons (Fsp3) is 0.125. The Bertz CT molecular complexity index is 291. The summed E-state index contributed by atoms with van der Waals surface area (Å²) in [6.07, 6.45) is 1.71. The van der Waals surface area contributed by atoms with Crippen LogP contribution in [0.3, 0.4) is 0 Å². The summed E-state index contributed by atoms with van der Waals surface area (Å²) >= 11 is 0. The SMILES string of the molecule is C=C(N)c1ncc(C)cc1N. The first-order chi connectivity index (χ1) is 5.11. The molecule has 4 N–H and O–H groups in total. The lowest BCUT2D eigenvalue weighted by Crippen LogP contribution is -2.02. The molecule has 0 aliphatic heterocycles. The predicted octanol–water partition coefficient (Wildman–Crippen LogP) is 0.902. The van der Waals surface area contributed by atoms with Crippen LogP contribution in [0.25, 0.3) is 5.70 Å². The van der Waals surface area contributed by atoms with E-state index >= 15 is 0 Å². The molecule has 0 aromatic carbocycles. The lowest BCUT2D eigenvalue weighted by molar-refractivity contribution is 1.22. The van der Waals surface area contributed by atoms with E-state index in [-0.39, 0.29) is 0 Å². The smallest absolute Gasteiger partial charge is 0.108 e. The van der Waals surface area contributed by atoms with E-state index < -0.39 is 0 Å². The Morgan fingerprint density at radius 3 is 2.73 bits per heavy atom. The molecule has 0 fully saturated rings. The molecule has 0 atom stereocenters. The van der Waals surface area contributed by atoms with E-state index in [0.717, 1.165) is 5.56 Å². The minimum absolute atomic E-state index is 0.405. The number of aryl methyl sites for hydroxylation is 1. The fourth-order valence-corrected chi connectivity index (χ4v) is 0.860. The van der Waals surface area contributed by atoms with Crippen molar-refractivity contribution in [1.82, 2.24) is 4.98 Å². The zero-order valence-corrected chi connectivity index (χ0v) is 6.46. The molecule has 1 aromatic heterocycles. The van der Waals surface area contributed by atoms with Gasteiger partial charge in [-0.1, -0.05) is 6.58 Å². The van der Waals surface area contributed by atoms with Gasteiger partial charge >= 0.3 is 0 Å². The van der Waals surface area contributed by atoms with E-state index in [0.29, 0.717) is 17.1 Å². The van der Waals surface area contributed by atoms with Crippen LogP contribution < -0.4 is 11.5 Å². The van der Waals surface area contributed by atoms with Crippen molar-refractivity contribution in [2.24, 2.45) is 5.73 Å². The van der Waals surface area contributed by atoms with Crippen molar-refractivity contribution in [2.75, 3.05) is 5.73 Å². The number of hydrogen-bond acceptors (Lipinski definition) is 3. The first-order valence-corrected chi connectivity index (χ1v) is 3.28. The Morgan fingerprint density at radius 2 is 2.27 bits per heavy atom. The normalized spacial score (nSPS) is 9.55. The number of hydrogen-bond donors (Lipinski definition) is 2. The first-order valence-electron chi connectivity index (χ1n) is 3.28. The second-order valence-corrected chi connectivity index (χ2v) is 2.48. The molecule has 0 aliphatic rings. The van der Waals surface area contributed by atoms with Crippen LogP contribution in [-0.2, 0) is 0 Å². The molecular weight excluding hydrogens is 138 g/mol. The van der Waals surface area contributed by atoms with Gasteiger partial charge in [-0.2, -0.15) is 0 Å². The second-order valence-electron chi connectivity index (χ2n) is 2.48. The van der Waals surface area contributed by atoms with Crippen LogP contribution in [0.4, 0.5) is 5.69 Å². The van der Waals surface area contributed by atoms with Crippen molar-refractivity contribution < 1.29 is 0 Å². The molecule has 1 heterocycles. The number of nitrogens with two attached hydrogens (primary N) is 2. The average Bonchev–Trinajstić information content (AvgIpc) is 1.85. The Kier molecular flexibility index (Phi) is 1.81. The summed E-state index contributed by atoms with van der Waals surface area (Å²) in [5.74, 6) is 0. The molecule has 1 rings (SSSR count). The van der Waals surface area contributed by atoms with Gasteiger partial charge in [-0.25, -0.2) is 0 Å². The number of anilines is 1. The molecule has 0 aliphatic carbocycles. The van der Waals surface area contributed by atoms with E-state index in [1.807, 2.05) is 13.0 Å². The van der Waals surface area contributed by atoms with E-state index in [2.05, 4.69) is 11.6 Å². The summed E-state index contributed by atoms with van der Waals surface area (Å²) in [4.78, 5) is 4.03. The van der Waals surface area contributed by atoms with Gasteiger partial charge in [-0.05, 0) is 18.6 Å². The van der Waals surface area contributed by atoms with Gasteiger partial charge in [0.2, 0.25) is 0 Å². The van der Waals surface area contributed by atoms with Gasteiger partial charge in [0.1, 0.15) is 5.69 Å². The highest BCUT2D eigenvalue weighted by Gasteiger charge is 2.00. The third kappa shape index (κ3) is 1.49. The van der Waals surface area contributed by atoms with Gasteiger partial charge in [0.15, 0.2) is 0 Å². The summed E-state index contributed by atoms with van der Waals surface area (Å²) in [5, 5.41) is 0. The molecule has 58 valence electrons. The zero-order valence-electron chi connectivity index (χ0n) is 6.46. The summed E-state index contributed by atoms with van der Waals surface area (Å²) < 4.78 is 0. The van der Waals surface area contributed by atoms with E-state index in [1.54, 1.807) is 6.20 Å². The molecule has 0 saturated carbocycles. The largest absolute Gasteiger partial charge is 0.397 e. The van der Waals surface area contributed by atoms with Crippen molar-refractivity contribution in [1.29, 1.82) is 0 Å². The van der Waals surface area contributed by atoms with Crippen LogP contribution in [0.5, 0.6) is 0 Å². The van der Waals surface area contributed by atoms with Crippen LogP contribution >= 0.6 is 0 Å². The topological polar surface area (TPSA) is 64.9 Å². The molecule has 3 heteroatoms. The third-order valence-corrected chi connectivity index (χ3v) is 1.36. The lowest BCUT2D eigenvalue weighted by atomic mass is 10.2. The van der Waals surface area contributed by atoms with E-state index in [4.69, 9.17) is 11.5 Å². The van der Waals surface area contributed by atoms with Crippen LogP contribution in [0.1, 0.15) is 11.3 Å². The highest BCUT2D eigenvalue weighted by atomic mass is 14.8. The van der Waals surface area contributed by atoms with Gasteiger partial charge in [0, 0.05) is 6.20 Å². The summed E-state index contributed by atoms with van der Waals surface area (Å²) in [6.45, 7) is 5.47. The number of rotatable bonds is 1. The maximum absolute atomic E-state index is 5.62. The summed E-state index contributed by atoms with van der Waals surface area (Å²) in [7, 11) is 0. The number of nitrogens with zero attached hydrogens (tertiary/aromatic N) is 1. The maximum atomic E-state index is 5.62. The molecule has 0 amide bonds. The second kappa shape index (κ2) is 2.62. The Labute approximate surface area is 65.7 Å². The molecule has 11 heavy (non-hydrogen) atoms. The molecule has 0 bridgehead atoms. The van der Waals surface area contributed by atoms with Gasteiger partial charge in [-0.3, -0.25) is 4.98 Å². The number of pyridine rings is 1. The fourth-order valence-electron chi connectivity index (χ4n) is 0.860. The van der Waals surface area contributed by atoms with Gasteiger partial charge in [0.05, 0.1) is 11.4 Å². The highest BCUT2D eigenvalue weighted by molar-refractivity contribution is 5.68. The Balaban J connectivity index is 3.20. The van der Waals surface area contributed by atoms with Crippen molar-refractivity contribution >= 4 is 11.4 Å². The first kappa shape index (κ1) is 7.60. The predicted molar refractivity (Wildman–Crippen MR) is 46.6 cm³/mol. The number of aromatic nitrogens is 1. The van der Waals surface area contributed by atoms with Gasteiger partial charge in [-0.15, -0.1) is 0 Å². The van der Waals surface area contributed by atoms with Crippen molar-refractivity contribution in [2.45, 2.75) is 6.92 Å². The minimum Gasteiger partial charge on any atom is -0.397 e. The Hall–Kier alpha value is -1.51. The van der Waals surface area contributed by atoms with Gasteiger partial charge in [0.25, 0.3) is 0 Å². The standard InChI is InChI=1S/C8H11N3/c1-5-3-7(10)8(6(2)9)11-4-5/h3-4H,2,9-10H2,1H3. The summed E-state index contributed by atoms with van der Waals surface area (Å²) in [6, 6.07) is 1.82. The maximum Gasteiger partial charge on any atom is 0.108 e. The monoisotopic (exact) mass is 149 g/mol. The highest BCUT2D eigenvalue weighted by Crippen LogP contribution is 2.13. The Morgan fingerprint density at radius 1 is 1.64 bits per heavy atom. The van der Waals surface area contributed by atoms with Crippen molar-refractivity contribution in [3.63, 3.8) is 0 Å². The van der Waals surface area contributed by atoms with Crippen LogP contribution in [-0.4, -0.2) is 4.98 Å². The molecule has 3 nitrogen and oxygen atoms in total. The van der Waals surface area contributed by atoms with E-state index in [9.17, 15) is 0 Å². The van der Waals surface area contributed by atoms with Crippen LogP contribution in [0, 0.1) is 6.92 Å². The molecule has 1 aromatic rings. The molecule has 0 unspecified atom stereocenters. The summed E-state index contributed by atoms with van der Waals surface area (Å²) in [5.41, 5.74) is 13.6. The van der Waals surface area contributed by atoms with E-state index in [1.165, 1.54) is 0 Å².